The van der Waals surface area contributed by atoms with E-state index in [0.29, 0.717) is 11.3 Å². The number of nitrogen functional groups attached to an aromatic ring is 1. The summed E-state index contributed by atoms with van der Waals surface area (Å²) in [5.41, 5.74) is 9.23. The lowest BCUT2D eigenvalue weighted by Gasteiger charge is -2.38. The number of anilines is 2. The van der Waals surface area contributed by atoms with Crippen molar-refractivity contribution in [1.82, 2.24) is 5.32 Å². The molecule has 2 aromatic rings. The number of para-hydroxylation sites is 1. The molecule has 0 heterocycles. The van der Waals surface area contributed by atoms with E-state index in [1.165, 1.54) is 5.56 Å². The maximum atomic E-state index is 11.6. The van der Waals surface area contributed by atoms with Crippen LogP contribution in [0.2, 0.25) is 0 Å². The molecule has 0 aromatic heterocycles. The Kier molecular flexibility index (Phi) is 12.0. The number of carbonyl (C=O) groups is 1. The SMILES string of the molecule is C=C/C=C\C=C/C.N#Cc1cccc(NCCCNCCc2ccc(C3(C(=O)O)CCC3)cc2)c1N. The molecule has 2 aromatic carbocycles. The zero-order chi connectivity index (χ0) is 26.2. The number of carboxylic acid groups (broad SMARTS) is 1. The average molecular weight is 487 g/mol. The second-order valence-electron chi connectivity index (χ2n) is 8.74. The van der Waals surface area contributed by atoms with Gasteiger partial charge in [-0.25, -0.2) is 0 Å². The minimum Gasteiger partial charge on any atom is -0.481 e. The first kappa shape index (κ1) is 28.4. The first-order chi connectivity index (χ1) is 17.5. The molecule has 0 saturated heterocycles. The van der Waals surface area contributed by atoms with E-state index in [2.05, 4.69) is 23.3 Å². The highest BCUT2D eigenvalue weighted by atomic mass is 16.4. The Morgan fingerprint density at radius 3 is 2.47 bits per heavy atom. The van der Waals surface area contributed by atoms with Gasteiger partial charge < -0.3 is 21.5 Å². The van der Waals surface area contributed by atoms with Crippen LogP contribution in [0.15, 0.2) is 79.4 Å². The smallest absolute Gasteiger partial charge is 0.314 e. The van der Waals surface area contributed by atoms with Gasteiger partial charge >= 0.3 is 5.97 Å². The molecule has 0 atom stereocenters. The molecule has 0 bridgehead atoms. The predicted molar refractivity (Wildman–Crippen MR) is 149 cm³/mol. The maximum Gasteiger partial charge on any atom is 0.314 e. The summed E-state index contributed by atoms with van der Waals surface area (Å²) in [6.45, 7) is 8.02. The lowest BCUT2D eigenvalue weighted by molar-refractivity contribution is -0.147. The molecule has 1 saturated carbocycles. The molecule has 0 amide bonds. The van der Waals surface area contributed by atoms with Crippen molar-refractivity contribution in [2.75, 3.05) is 30.7 Å². The second-order valence-corrected chi connectivity index (χ2v) is 8.74. The fraction of sp³-hybridized carbons (Fsp3) is 0.333. The van der Waals surface area contributed by atoms with Crippen LogP contribution in [0.1, 0.15) is 49.3 Å². The van der Waals surface area contributed by atoms with Crippen LogP contribution in [-0.2, 0) is 16.6 Å². The van der Waals surface area contributed by atoms with E-state index < -0.39 is 11.4 Å². The van der Waals surface area contributed by atoms with E-state index in [-0.39, 0.29) is 0 Å². The fourth-order valence-corrected chi connectivity index (χ4v) is 4.01. The van der Waals surface area contributed by atoms with E-state index in [0.717, 1.165) is 63.0 Å². The summed E-state index contributed by atoms with van der Waals surface area (Å²) >= 11 is 0. The van der Waals surface area contributed by atoms with E-state index in [1.807, 2.05) is 67.6 Å². The number of carboxylic acids is 1. The lowest BCUT2D eigenvalue weighted by atomic mass is 9.64. The summed E-state index contributed by atoms with van der Waals surface area (Å²) in [6, 6.07) is 15.6. The van der Waals surface area contributed by atoms with Gasteiger partial charge in [0.05, 0.1) is 22.4 Å². The van der Waals surface area contributed by atoms with Gasteiger partial charge in [-0.3, -0.25) is 4.79 Å². The molecule has 6 nitrogen and oxygen atoms in total. The van der Waals surface area contributed by atoms with Crippen LogP contribution in [0.3, 0.4) is 0 Å². The highest BCUT2D eigenvalue weighted by molar-refractivity contribution is 5.82. The number of nitrogens with zero attached hydrogens (tertiary/aromatic N) is 1. The quantitative estimate of drug-likeness (QED) is 0.177. The molecule has 0 spiro atoms. The number of hydrogen-bond donors (Lipinski definition) is 4. The summed E-state index contributed by atoms with van der Waals surface area (Å²) in [6.07, 6.45) is 13.8. The summed E-state index contributed by atoms with van der Waals surface area (Å²) in [7, 11) is 0. The lowest BCUT2D eigenvalue weighted by Crippen LogP contribution is -2.42. The molecular formula is C30H38N4O2. The third-order valence-corrected chi connectivity index (χ3v) is 6.34. The monoisotopic (exact) mass is 486 g/mol. The highest BCUT2D eigenvalue weighted by Gasteiger charge is 2.45. The van der Waals surface area contributed by atoms with Crippen molar-refractivity contribution in [2.24, 2.45) is 0 Å². The van der Waals surface area contributed by atoms with Gasteiger partial charge in [0, 0.05) is 6.54 Å². The van der Waals surface area contributed by atoms with E-state index in [9.17, 15) is 9.90 Å². The minimum absolute atomic E-state index is 0.491. The minimum atomic E-state index is -0.701. The number of nitriles is 1. The number of nitrogens with two attached hydrogens (primary N) is 1. The molecule has 3 rings (SSSR count). The normalized spacial score (nSPS) is 13.9. The van der Waals surface area contributed by atoms with Crippen LogP contribution in [0.5, 0.6) is 0 Å². The third kappa shape index (κ3) is 8.14. The molecule has 0 unspecified atom stereocenters. The Morgan fingerprint density at radius 2 is 1.89 bits per heavy atom. The van der Waals surface area contributed by atoms with Crippen molar-refractivity contribution in [3.63, 3.8) is 0 Å². The molecule has 5 N–H and O–H groups in total. The van der Waals surface area contributed by atoms with Gasteiger partial charge in [-0.15, -0.1) is 0 Å². The van der Waals surface area contributed by atoms with Crippen LogP contribution in [0.25, 0.3) is 0 Å². The number of hydrogen-bond acceptors (Lipinski definition) is 5. The highest BCUT2D eigenvalue weighted by Crippen LogP contribution is 2.43. The Balaban J connectivity index is 0.000000572. The molecule has 0 aliphatic heterocycles. The zero-order valence-corrected chi connectivity index (χ0v) is 21.2. The number of nitrogens with one attached hydrogen (secondary N) is 2. The zero-order valence-electron chi connectivity index (χ0n) is 21.2. The van der Waals surface area contributed by atoms with Gasteiger partial charge in [0.15, 0.2) is 0 Å². The predicted octanol–water partition coefficient (Wildman–Crippen LogP) is 5.59. The summed E-state index contributed by atoms with van der Waals surface area (Å²) < 4.78 is 0. The number of benzene rings is 2. The molecule has 6 heteroatoms. The Bertz CT molecular complexity index is 1080. The van der Waals surface area contributed by atoms with E-state index in [1.54, 1.807) is 12.1 Å². The van der Waals surface area contributed by atoms with Crippen molar-refractivity contribution in [2.45, 2.75) is 44.4 Å². The topological polar surface area (TPSA) is 111 Å². The Morgan fingerprint density at radius 1 is 1.14 bits per heavy atom. The largest absolute Gasteiger partial charge is 0.481 e. The maximum absolute atomic E-state index is 11.6. The summed E-state index contributed by atoms with van der Waals surface area (Å²) in [5.74, 6) is -0.701. The Labute approximate surface area is 215 Å². The molecule has 36 heavy (non-hydrogen) atoms. The van der Waals surface area contributed by atoms with Crippen molar-refractivity contribution >= 4 is 17.3 Å². The molecule has 1 aliphatic rings. The Hall–Kier alpha value is -3.82. The van der Waals surface area contributed by atoms with Crippen molar-refractivity contribution in [1.29, 1.82) is 5.26 Å². The van der Waals surface area contributed by atoms with Crippen molar-refractivity contribution < 1.29 is 9.90 Å². The van der Waals surface area contributed by atoms with Gasteiger partial charge in [0.25, 0.3) is 0 Å². The summed E-state index contributed by atoms with van der Waals surface area (Å²) in [4.78, 5) is 11.6. The first-order valence-electron chi connectivity index (χ1n) is 12.4. The van der Waals surface area contributed by atoms with Crippen LogP contribution in [0.4, 0.5) is 11.4 Å². The standard InChI is InChI=1S/C23H28N4O2.C7H10/c24-16-18-4-1-5-20(21(18)25)27-14-3-13-26-15-10-17-6-8-19(9-7-17)23(22(28)29)11-2-12-23;1-3-5-7-6-4-2/h1,4-9,26-27H,2-3,10-15,25H2,(H,28,29);3-7H,1H2,2H3/b;6-4-,7-5-. The number of rotatable bonds is 12. The van der Waals surface area contributed by atoms with Gasteiger partial charge in [-0.1, -0.05) is 73.7 Å². The molecule has 1 fully saturated rings. The third-order valence-electron chi connectivity index (χ3n) is 6.34. The first-order valence-corrected chi connectivity index (χ1v) is 12.4. The molecule has 0 radical (unpaired) electrons. The van der Waals surface area contributed by atoms with Crippen LogP contribution in [0, 0.1) is 11.3 Å². The van der Waals surface area contributed by atoms with Crippen LogP contribution in [-0.4, -0.2) is 30.7 Å². The molecule has 190 valence electrons. The molecule has 1 aliphatic carbocycles. The average Bonchev–Trinajstić information content (AvgIpc) is 2.85. The van der Waals surface area contributed by atoms with Gasteiger partial charge in [-0.2, -0.15) is 5.26 Å². The van der Waals surface area contributed by atoms with Crippen LogP contribution < -0.4 is 16.4 Å². The number of aliphatic carboxylic acids is 1. The van der Waals surface area contributed by atoms with Crippen molar-refractivity contribution in [3.05, 3.63) is 96.1 Å². The molecular weight excluding hydrogens is 448 g/mol. The van der Waals surface area contributed by atoms with Gasteiger partial charge in [0.1, 0.15) is 6.07 Å². The second kappa shape index (κ2) is 15.2. The van der Waals surface area contributed by atoms with E-state index in [4.69, 9.17) is 11.0 Å². The summed E-state index contributed by atoms with van der Waals surface area (Å²) in [5, 5.41) is 25.2. The van der Waals surface area contributed by atoms with Crippen molar-refractivity contribution in [3.8, 4) is 6.07 Å². The van der Waals surface area contributed by atoms with Gasteiger partial charge in [0.2, 0.25) is 0 Å². The fourth-order valence-electron chi connectivity index (χ4n) is 4.01. The van der Waals surface area contributed by atoms with Crippen LogP contribution >= 0.6 is 0 Å². The van der Waals surface area contributed by atoms with Gasteiger partial charge in [-0.05, 0) is 69.0 Å². The number of allylic oxidation sites excluding steroid dienone is 5. The van der Waals surface area contributed by atoms with E-state index >= 15 is 0 Å².